The number of piperazine rings is 1. The summed E-state index contributed by atoms with van der Waals surface area (Å²) in [7, 11) is 0. The van der Waals surface area contributed by atoms with Crippen molar-refractivity contribution in [2.75, 3.05) is 39.4 Å². The lowest BCUT2D eigenvalue weighted by Crippen LogP contribution is -2.51. The van der Waals surface area contributed by atoms with E-state index in [0.29, 0.717) is 68.2 Å². The van der Waals surface area contributed by atoms with Crippen LogP contribution in [-0.4, -0.2) is 76.9 Å². The molecule has 2 amide bonds. The van der Waals surface area contributed by atoms with Crippen LogP contribution in [0.3, 0.4) is 0 Å². The molecule has 3 aromatic rings. The third-order valence-corrected chi connectivity index (χ3v) is 6.15. The van der Waals surface area contributed by atoms with Crippen molar-refractivity contribution in [3.8, 4) is 34.3 Å². The van der Waals surface area contributed by atoms with E-state index in [9.17, 15) is 9.59 Å². The van der Waals surface area contributed by atoms with Gasteiger partial charge in [-0.25, -0.2) is 4.79 Å². The van der Waals surface area contributed by atoms with E-state index in [1.807, 2.05) is 71.9 Å². The molecule has 0 spiro atoms. The first-order valence-electron chi connectivity index (χ1n) is 13.2. The van der Waals surface area contributed by atoms with Crippen LogP contribution in [0, 0.1) is 6.92 Å². The predicted octanol–water partition coefficient (Wildman–Crippen LogP) is 5.20. The van der Waals surface area contributed by atoms with Crippen molar-refractivity contribution in [1.29, 1.82) is 0 Å². The highest BCUT2D eigenvalue weighted by Crippen LogP contribution is 2.33. The highest BCUT2D eigenvalue weighted by molar-refractivity contribution is 5.95. The van der Waals surface area contributed by atoms with Crippen molar-refractivity contribution in [3.63, 3.8) is 0 Å². The molecule has 2 aromatic carbocycles. The van der Waals surface area contributed by atoms with Gasteiger partial charge in [0.1, 0.15) is 5.60 Å². The highest BCUT2D eigenvalue weighted by Gasteiger charge is 2.28. The topological polar surface area (TPSA) is 107 Å². The number of hydrogen-bond acceptors (Lipinski definition) is 8. The summed E-state index contributed by atoms with van der Waals surface area (Å²) in [5.41, 5.74) is 2.35. The van der Waals surface area contributed by atoms with Gasteiger partial charge in [0.15, 0.2) is 11.5 Å². The highest BCUT2D eigenvalue weighted by atomic mass is 16.6. The second-order valence-electron chi connectivity index (χ2n) is 10.2. The number of carbonyl (C=O) groups excluding carboxylic acids is 2. The van der Waals surface area contributed by atoms with Crippen LogP contribution in [-0.2, 0) is 4.74 Å². The number of benzene rings is 2. The Kier molecular flexibility index (Phi) is 8.42. The molecule has 1 saturated heterocycles. The Labute approximate surface area is 228 Å². The molecule has 0 atom stereocenters. The Balaban J connectivity index is 1.44. The van der Waals surface area contributed by atoms with Crippen LogP contribution in [0.1, 0.15) is 50.5 Å². The first-order valence-corrected chi connectivity index (χ1v) is 13.2. The van der Waals surface area contributed by atoms with Crippen molar-refractivity contribution in [2.45, 2.75) is 47.1 Å². The Bertz CT molecular complexity index is 1320. The van der Waals surface area contributed by atoms with Gasteiger partial charge in [-0.3, -0.25) is 4.79 Å². The van der Waals surface area contributed by atoms with Gasteiger partial charge < -0.3 is 28.5 Å². The molecule has 10 nitrogen and oxygen atoms in total. The van der Waals surface area contributed by atoms with Crippen LogP contribution in [0.4, 0.5) is 4.79 Å². The molecule has 0 N–H and O–H groups in total. The minimum atomic E-state index is -0.552. The first-order chi connectivity index (χ1) is 18.6. The summed E-state index contributed by atoms with van der Waals surface area (Å²) < 4.78 is 22.3. The summed E-state index contributed by atoms with van der Waals surface area (Å²) in [5.74, 6) is 1.98. The molecule has 1 aliphatic rings. The van der Waals surface area contributed by atoms with Crippen molar-refractivity contribution in [1.82, 2.24) is 19.9 Å². The van der Waals surface area contributed by atoms with Crippen LogP contribution in [0.25, 0.3) is 22.8 Å². The van der Waals surface area contributed by atoms with Gasteiger partial charge in [-0.1, -0.05) is 11.2 Å². The number of hydrogen-bond donors (Lipinski definition) is 0. The largest absolute Gasteiger partial charge is 0.490 e. The molecule has 0 radical (unpaired) electrons. The number of amides is 2. The summed E-state index contributed by atoms with van der Waals surface area (Å²) >= 11 is 0. The van der Waals surface area contributed by atoms with Crippen LogP contribution < -0.4 is 9.47 Å². The molecular formula is C29H36N4O6. The van der Waals surface area contributed by atoms with E-state index in [1.54, 1.807) is 15.9 Å². The standard InChI is InChI=1S/C29H36N4O6/c1-7-36-23-12-10-20(18-24(23)37-8-2)26-30-25(31-39-26)22-11-9-21(17-19(22)3)27(34)32-13-15-33(16-14-32)28(35)38-29(4,5)6/h9-12,17-18H,7-8,13-16H2,1-6H3. The summed E-state index contributed by atoms with van der Waals surface area (Å²) in [6, 6.07) is 10.9. The summed E-state index contributed by atoms with van der Waals surface area (Å²) in [5, 5.41) is 4.17. The van der Waals surface area contributed by atoms with Gasteiger partial charge in [-0.05, 0) is 77.4 Å². The Hall–Kier alpha value is -4.08. The van der Waals surface area contributed by atoms with Gasteiger partial charge in [0, 0.05) is 42.9 Å². The van der Waals surface area contributed by atoms with Crippen LogP contribution >= 0.6 is 0 Å². The monoisotopic (exact) mass is 536 g/mol. The van der Waals surface area contributed by atoms with Gasteiger partial charge in [0.05, 0.1) is 13.2 Å². The first kappa shape index (κ1) is 27.9. The molecule has 4 rings (SSSR count). The summed E-state index contributed by atoms with van der Waals surface area (Å²) in [6.07, 6.45) is -0.353. The van der Waals surface area contributed by atoms with Crippen LogP contribution in [0.15, 0.2) is 40.9 Å². The van der Waals surface area contributed by atoms with E-state index in [-0.39, 0.29) is 12.0 Å². The average Bonchev–Trinajstić information content (AvgIpc) is 3.38. The van der Waals surface area contributed by atoms with Crippen molar-refractivity contribution < 1.29 is 28.3 Å². The average molecular weight is 537 g/mol. The van der Waals surface area contributed by atoms with Crippen molar-refractivity contribution >= 4 is 12.0 Å². The maximum atomic E-state index is 13.2. The van der Waals surface area contributed by atoms with E-state index < -0.39 is 5.60 Å². The Morgan fingerprint density at radius 2 is 1.59 bits per heavy atom. The second-order valence-corrected chi connectivity index (χ2v) is 10.2. The SMILES string of the molecule is CCOc1ccc(-c2nc(-c3ccc(C(=O)N4CCN(C(=O)OC(C)(C)C)CC4)cc3C)no2)cc1OCC. The zero-order valence-electron chi connectivity index (χ0n) is 23.4. The third-order valence-electron chi connectivity index (χ3n) is 6.15. The van der Waals surface area contributed by atoms with Crippen molar-refractivity contribution in [3.05, 3.63) is 47.5 Å². The van der Waals surface area contributed by atoms with Crippen molar-refractivity contribution in [2.24, 2.45) is 0 Å². The van der Waals surface area contributed by atoms with Crippen LogP contribution in [0.2, 0.25) is 0 Å². The molecule has 39 heavy (non-hydrogen) atoms. The smallest absolute Gasteiger partial charge is 0.410 e. The fourth-order valence-electron chi connectivity index (χ4n) is 4.28. The molecule has 2 heterocycles. The van der Waals surface area contributed by atoms with Gasteiger partial charge in [0.2, 0.25) is 5.82 Å². The summed E-state index contributed by atoms with van der Waals surface area (Å²) in [6.45, 7) is 14.0. The van der Waals surface area contributed by atoms with Gasteiger partial charge >= 0.3 is 6.09 Å². The normalized spacial score (nSPS) is 13.8. The lowest BCUT2D eigenvalue weighted by Gasteiger charge is -2.35. The lowest BCUT2D eigenvalue weighted by molar-refractivity contribution is 0.0141. The molecule has 0 unspecified atom stereocenters. The number of rotatable bonds is 7. The maximum absolute atomic E-state index is 13.2. The Morgan fingerprint density at radius 1 is 0.923 bits per heavy atom. The van der Waals surface area contributed by atoms with E-state index in [1.165, 1.54) is 0 Å². The molecule has 1 fully saturated rings. The molecule has 1 aliphatic heterocycles. The minimum Gasteiger partial charge on any atom is -0.490 e. The number of nitrogens with zero attached hydrogens (tertiary/aromatic N) is 4. The Morgan fingerprint density at radius 3 is 2.23 bits per heavy atom. The van der Waals surface area contributed by atoms with Gasteiger partial charge in [0.25, 0.3) is 11.8 Å². The van der Waals surface area contributed by atoms with Gasteiger partial charge in [-0.2, -0.15) is 4.98 Å². The van der Waals surface area contributed by atoms with Crippen LogP contribution in [0.5, 0.6) is 11.5 Å². The quantitative estimate of drug-likeness (QED) is 0.405. The minimum absolute atomic E-state index is 0.0832. The summed E-state index contributed by atoms with van der Waals surface area (Å²) in [4.78, 5) is 33.5. The molecule has 0 bridgehead atoms. The van der Waals surface area contributed by atoms with E-state index >= 15 is 0 Å². The maximum Gasteiger partial charge on any atom is 0.410 e. The number of carbonyl (C=O) groups is 2. The van der Waals surface area contributed by atoms with Gasteiger partial charge in [-0.15, -0.1) is 0 Å². The third kappa shape index (κ3) is 6.68. The fraction of sp³-hybridized carbons (Fsp3) is 0.448. The molecule has 208 valence electrons. The molecule has 0 saturated carbocycles. The molecule has 1 aromatic heterocycles. The zero-order chi connectivity index (χ0) is 28.2. The van der Waals surface area contributed by atoms with E-state index in [4.69, 9.17) is 18.7 Å². The number of ether oxygens (including phenoxy) is 3. The molecule has 0 aliphatic carbocycles. The predicted molar refractivity (Wildman–Crippen MR) is 146 cm³/mol. The molecular weight excluding hydrogens is 500 g/mol. The van der Waals surface area contributed by atoms with E-state index in [0.717, 1.165) is 16.7 Å². The second kappa shape index (κ2) is 11.8. The number of aryl methyl sites for hydroxylation is 1. The molecule has 10 heteroatoms. The fourth-order valence-corrected chi connectivity index (χ4v) is 4.28. The lowest BCUT2D eigenvalue weighted by atomic mass is 10.0. The van der Waals surface area contributed by atoms with E-state index in [2.05, 4.69) is 10.1 Å². The zero-order valence-corrected chi connectivity index (χ0v) is 23.4. The number of aromatic nitrogens is 2.